The number of thioether (sulfide) groups is 1. The minimum absolute atomic E-state index is 0.0323. The number of nitrogens with zero attached hydrogens (tertiary/aromatic N) is 3. The largest absolute Gasteiger partial charge is 0.418 e. The molecule has 0 aliphatic heterocycles. The highest BCUT2D eigenvalue weighted by Crippen LogP contribution is 2.41. The van der Waals surface area contributed by atoms with Gasteiger partial charge in [-0.25, -0.2) is 8.78 Å². The Bertz CT molecular complexity index is 1140. The summed E-state index contributed by atoms with van der Waals surface area (Å²) in [5.41, 5.74) is -0.0606. The molecule has 0 saturated carbocycles. The molecule has 4 rings (SSSR count). The molecule has 2 heterocycles. The Hall–Kier alpha value is -2.53. The molecule has 4 aromatic rings. The molecule has 0 amide bonds. The molecule has 0 saturated heterocycles. The summed E-state index contributed by atoms with van der Waals surface area (Å²) in [7, 11) is 0. The van der Waals surface area contributed by atoms with Crippen molar-refractivity contribution in [1.29, 1.82) is 0 Å². The highest BCUT2D eigenvalue weighted by Gasteiger charge is 2.35. The summed E-state index contributed by atoms with van der Waals surface area (Å²) in [6.45, 7) is 0. The van der Waals surface area contributed by atoms with Crippen LogP contribution in [-0.2, 0) is 11.9 Å². The predicted octanol–water partition coefficient (Wildman–Crippen LogP) is 6.33. The number of rotatable bonds is 5. The summed E-state index contributed by atoms with van der Waals surface area (Å²) in [6.07, 6.45) is -7.42. The van der Waals surface area contributed by atoms with Gasteiger partial charge in [0.2, 0.25) is 0 Å². The van der Waals surface area contributed by atoms with Gasteiger partial charge in [-0.15, -0.1) is 22.0 Å². The molecule has 0 bridgehead atoms. The first-order chi connectivity index (χ1) is 13.8. The summed E-state index contributed by atoms with van der Waals surface area (Å²) in [5, 5.41) is 13.0. The fourth-order valence-corrected chi connectivity index (χ4v) is 4.36. The van der Waals surface area contributed by atoms with Gasteiger partial charge in [-0.3, -0.25) is 5.10 Å². The Balaban J connectivity index is 1.78. The average Bonchev–Trinajstić information content (AvgIpc) is 3.32. The van der Waals surface area contributed by atoms with Crippen molar-refractivity contribution >= 4 is 34.0 Å². The van der Waals surface area contributed by atoms with Crippen LogP contribution in [0.3, 0.4) is 0 Å². The van der Waals surface area contributed by atoms with Crippen LogP contribution < -0.4 is 0 Å². The number of hydrogen-bond acceptors (Lipinski definition) is 5. The molecule has 0 fully saturated rings. The van der Waals surface area contributed by atoms with E-state index in [9.17, 15) is 22.0 Å². The van der Waals surface area contributed by atoms with Crippen LogP contribution in [0.25, 0.3) is 21.6 Å². The number of aromatic amines is 1. The van der Waals surface area contributed by atoms with Crippen LogP contribution in [0.1, 0.15) is 22.6 Å². The predicted molar refractivity (Wildman–Crippen MR) is 101 cm³/mol. The van der Waals surface area contributed by atoms with Crippen molar-refractivity contribution in [3.05, 3.63) is 58.6 Å². The summed E-state index contributed by atoms with van der Waals surface area (Å²) in [5.74, 6) is 0.477. The van der Waals surface area contributed by atoms with Gasteiger partial charge in [0, 0.05) is 16.0 Å². The second-order valence-corrected chi connectivity index (χ2v) is 8.04. The third-order valence-corrected chi connectivity index (χ3v) is 6.01. The van der Waals surface area contributed by atoms with Crippen molar-refractivity contribution in [3.8, 4) is 10.7 Å². The van der Waals surface area contributed by atoms with E-state index >= 15 is 0 Å². The quantitative estimate of drug-likeness (QED) is 0.290. The molecule has 0 aliphatic rings. The van der Waals surface area contributed by atoms with Gasteiger partial charge in [0.25, 0.3) is 6.43 Å². The summed E-state index contributed by atoms with van der Waals surface area (Å²) in [4.78, 5) is 0.384. The van der Waals surface area contributed by atoms with Crippen molar-refractivity contribution < 1.29 is 22.0 Å². The molecule has 0 unspecified atom stereocenters. The third kappa shape index (κ3) is 4.10. The number of nitrogens with one attached hydrogen (secondary N) is 1. The normalized spacial score (nSPS) is 12.2. The van der Waals surface area contributed by atoms with E-state index in [4.69, 9.17) is 0 Å². The Morgan fingerprint density at radius 1 is 1.07 bits per heavy atom. The number of aromatic nitrogens is 4. The first kappa shape index (κ1) is 19.8. The van der Waals surface area contributed by atoms with Crippen LogP contribution in [0, 0.1) is 0 Å². The molecule has 29 heavy (non-hydrogen) atoms. The topological polar surface area (TPSA) is 54.5 Å². The summed E-state index contributed by atoms with van der Waals surface area (Å²) < 4.78 is 66.4. The fourth-order valence-electron chi connectivity index (χ4n) is 2.72. The van der Waals surface area contributed by atoms with Gasteiger partial charge in [-0.1, -0.05) is 41.7 Å². The van der Waals surface area contributed by atoms with Gasteiger partial charge in [0.1, 0.15) is 5.69 Å². The van der Waals surface area contributed by atoms with E-state index < -0.39 is 23.2 Å². The van der Waals surface area contributed by atoms with E-state index in [2.05, 4.69) is 20.4 Å². The van der Waals surface area contributed by atoms with Crippen LogP contribution in [0.2, 0.25) is 0 Å². The van der Waals surface area contributed by atoms with Gasteiger partial charge >= 0.3 is 6.18 Å². The first-order valence-electron chi connectivity index (χ1n) is 8.21. The van der Waals surface area contributed by atoms with E-state index in [0.717, 1.165) is 11.6 Å². The summed E-state index contributed by atoms with van der Waals surface area (Å²) in [6, 6.07) is 11.9. The lowest BCUT2D eigenvalue weighted by atomic mass is 10.1. The number of hydrogen-bond donors (Lipinski definition) is 1. The molecule has 150 valence electrons. The first-order valence-corrected chi connectivity index (χ1v) is 10.0. The number of halogens is 5. The molecule has 2 aromatic heterocycles. The van der Waals surface area contributed by atoms with E-state index in [1.54, 1.807) is 6.07 Å². The van der Waals surface area contributed by atoms with Crippen molar-refractivity contribution in [2.75, 3.05) is 0 Å². The Morgan fingerprint density at radius 2 is 1.83 bits per heavy atom. The van der Waals surface area contributed by atoms with Crippen LogP contribution in [0.4, 0.5) is 22.0 Å². The smallest absolute Gasteiger partial charge is 0.276 e. The SMILES string of the molecule is FC(F)c1nnc(-c2n[nH]c3c(C(F)(F)F)cc(SCc4ccccc4)cc23)s1. The molecule has 11 heteroatoms. The molecular formula is C18H11F5N4S2. The fraction of sp³-hybridized carbons (Fsp3) is 0.167. The Kier molecular flexibility index (Phi) is 5.26. The molecule has 0 atom stereocenters. The molecule has 1 N–H and O–H groups in total. The zero-order chi connectivity index (χ0) is 20.6. The Labute approximate surface area is 169 Å². The lowest BCUT2D eigenvalue weighted by Crippen LogP contribution is -2.06. The number of fused-ring (bicyclic) bond motifs is 1. The van der Waals surface area contributed by atoms with Crippen molar-refractivity contribution in [2.45, 2.75) is 23.3 Å². The monoisotopic (exact) mass is 442 g/mol. The number of benzene rings is 2. The lowest BCUT2D eigenvalue weighted by Gasteiger charge is -2.10. The van der Waals surface area contributed by atoms with Crippen LogP contribution >= 0.6 is 23.1 Å². The lowest BCUT2D eigenvalue weighted by molar-refractivity contribution is -0.136. The maximum Gasteiger partial charge on any atom is 0.418 e. The van der Waals surface area contributed by atoms with E-state index in [1.807, 2.05) is 30.3 Å². The van der Waals surface area contributed by atoms with E-state index in [-0.39, 0.29) is 21.6 Å². The second-order valence-electron chi connectivity index (χ2n) is 5.98. The van der Waals surface area contributed by atoms with Crippen molar-refractivity contribution in [3.63, 3.8) is 0 Å². The molecular weight excluding hydrogens is 431 g/mol. The number of H-pyrrole nitrogens is 1. The zero-order valence-electron chi connectivity index (χ0n) is 14.4. The second kappa shape index (κ2) is 7.71. The zero-order valence-corrected chi connectivity index (χ0v) is 16.0. The van der Waals surface area contributed by atoms with Crippen molar-refractivity contribution in [1.82, 2.24) is 20.4 Å². The van der Waals surface area contributed by atoms with Gasteiger partial charge in [0.05, 0.1) is 11.1 Å². The highest BCUT2D eigenvalue weighted by atomic mass is 32.2. The van der Waals surface area contributed by atoms with Gasteiger partial charge < -0.3 is 0 Å². The van der Waals surface area contributed by atoms with Crippen LogP contribution in [-0.4, -0.2) is 20.4 Å². The standard InChI is InChI=1S/C18H11F5N4S2/c19-15(20)17-27-26-16(29-17)14-11-6-10(28-8-9-4-2-1-3-5-9)7-12(18(21,22)23)13(11)24-25-14/h1-7,15H,8H2,(H,24,25). The van der Waals surface area contributed by atoms with Crippen molar-refractivity contribution in [2.24, 2.45) is 0 Å². The highest BCUT2D eigenvalue weighted by molar-refractivity contribution is 7.98. The molecule has 0 spiro atoms. The molecule has 4 nitrogen and oxygen atoms in total. The minimum Gasteiger partial charge on any atom is -0.276 e. The summed E-state index contributed by atoms with van der Waals surface area (Å²) >= 11 is 1.84. The van der Waals surface area contributed by atoms with Crippen LogP contribution in [0.15, 0.2) is 47.4 Å². The molecule has 2 aromatic carbocycles. The maximum atomic E-state index is 13.6. The van der Waals surface area contributed by atoms with Gasteiger partial charge in [0.15, 0.2) is 10.0 Å². The maximum absolute atomic E-state index is 13.6. The Morgan fingerprint density at radius 3 is 2.48 bits per heavy atom. The van der Waals surface area contributed by atoms with Gasteiger partial charge in [-0.2, -0.15) is 18.3 Å². The average molecular weight is 442 g/mol. The minimum atomic E-state index is -4.61. The van der Waals surface area contributed by atoms with Gasteiger partial charge in [-0.05, 0) is 17.7 Å². The molecule has 0 aliphatic carbocycles. The molecule has 0 radical (unpaired) electrons. The van der Waals surface area contributed by atoms with Crippen LogP contribution in [0.5, 0.6) is 0 Å². The van der Waals surface area contributed by atoms with E-state index in [0.29, 0.717) is 22.0 Å². The number of alkyl halides is 5. The van der Waals surface area contributed by atoms with E-state index in [1.165, 1.54) is 11.8 Å². The third-order valence-electron chi connectivity index (χ3n) is 4.03.